The molecule has 0 atom stereocenters. The lowest BCUT2D eigenvalue weighted by atomic mass is 10.1. The van der Waals surface area contributed by atoms with Gasteiger partial charge >= 0.3 is 5.96 Å². The van der Waals surface area contributed by atoms with Crippen LogP contribution in [0, 0.1) is 0 Å². The minimum Gasteiger partial charge on any atom is -1.00 e. The van der Waals surface area contributed by atoms with Gasteiger partial charge in [-0.2, -0.15) is 0 Å². The molecule has 2 heterocycles. The molecule has 0 aliphatic carbocycles. The molecule has 1 saturated heterocycles. The molecule has 0 N–H and O–H groups in total. The molecule has 0 bridgehead atoms. The van der Waals surface area contributed by atoms with Crippen LogP contribution >= 0.6 is 0 Å². The van der Waals surface area contributed by atoms with E-state index in [9.17, 15) is 0 Å². The van der Waals surface area contributed by atoms with E-state index in [1.165, 1.54) is 116 Å². The fraction of sp³-hybridized carbons (Fsp3) is 0.950. The Bertz CT molecular complexity index is 357. The average Bonchev–Trinajstić information content (AvgIpc) is 2.57. The molecular weight excluding hydrogens is 362 g/mol. The predicted molar refractivity (Wildman–Crippen MR) is 100 cm³/mol. The number of hydrogen-bond donors (Lipinski definition) is 0. The Morgan fingerprint density at radius 3 is 2.04 bits per heavy atom. The molecule has 2 rings (SSSR count). The van der Waals surface area contributed by atoms with Gasteiger partial charge in [0.1, 0.15) is 0 Å². The molecule has 0 amide bonds. The van der Waals surface area contributed by atoms with Gasteiger partial charge in [0.15, 0.2) is 0 Å². The second kappa shape index (κ2) is 13.0. The maximum absolute atomic E-state index is 2.66. The van der Waals surface area contributed by atoms with Gasteiger partial charge in [-0.25, -0.2) is 0 Å². The minimum atomic E-state index is 0. The van der Waals surface area contributed by atoms with Crippen LogP contribution in [0.15, 0.2) is 0 Å². The molecule has 0 aromatic carbocycles. The van der Waals surface area contributed by atoms with Crippen molar-refractivity contribution in [3.05, 3.63) is 0 Å². The Morgan fingerprint density at radius 1 is 0.792 bits per heavy atom. The van der Waals surface area contributed by atoms with Crippen molar-refractivity contribution in [3.63, 3.8) is 0 Å². The van der Waals surface area contributed by atoms with Crippen LogP contribution in [-0.4, -0.2) is 60.1 Å². The zero-order valence-electron chi connectivity index (χ0n) is 16.2. The molecular formula is C20H40BrN3. The van der Waals surface area contributed by atoms with Gasteiger partial charge < -0.3 is 17.0 Å². The van der Waals surface area contributed by atoms with E-state index in [0.29, 0.717) is 0 Å². The number of unbranched alkanes of at least 4 members (excludes halogenated alkanes) is 9. The van der Waals surface area contributed by atoms with Crippen molar-refractivity contribution >= 4 is 5.96 Å². The molecule has 24 heavy (non-hydrogen) atoms. The molecule has 3 nitrogen and oxygen atoms in total. The van der Waals surface area contributed by atoms with Crippen molar-refractivity contribution < 1.29 is 21.6 Å². The van der Waals surface area contributed by atoms with Gasteiger partial charge in [-0.1, -0.05) is 64.7 Å². The zero-order chi connectivity index (χ0) is 16.3. The van der Waals surface area contributed by atoms with E-state index in [1.807, 2.05) is 0 Å². The van der Waals surface area contributed by atoms with E-state index >= 15 is 0 Å². The Balaban J connectivity index is 0.00000288. The first-order chi connectivity index (χ1) is 11.3. The van der Waals surface area contributed by atoms with Crippen LogP contribution < -0.4 is 17.0 Å². The predicted octanol–water partition coefficient (Wildman–Crippen LogP) is 1.32. The lowest BCUT2D eigenvalue weighted by Gasteiger charge is -2.36. The second-order valence-electron chi connectivity index (χ2n) is 7.58. The molecule has 0 aromatic rings. The third-order valence-corrected chi connectivity index (χ3v) is 5.47. The average molecular weight is 402 g/mol. The largest absolute Gasteiger partial charge is 1.00 e. The number of halogens is 1. The summed E-state index contributed by atoms with van der Waals surface area (Å²) in [7, 11) is 2.28. The van der Waals surface area contributed by atoms with Crippen LogP contribution in [0.3, 0.4) is 0 Å². The molecule has 0 aromatic heterocycles. The summed E-state index contributed by atoms with van der Waals surface area (Å²) < 4.78 is 2.49. The summed E-state index contributed by atoms with van der Waals surface area (Å²) in [6.07, 6.45) is 17.0. The van der Waals surface area contributed by atoms with Crippen LogP contribution in [0.5, 0.6) is 0 Å². The molecule has 1 fully saturated rings. The van der Waals surface area contributed by atoms with Crippen LogP contribution in [0.1, 0.15) is 84.0 Å². The van der Waals surface area contributed by atoms with Crippen LogP contribution in [0.25, 0.3) is 0 Å². The van der Waals surface area contributed by atoms with Gasteiger partial charge in [-0.05, 0) is 6.42 Å². The first kappa shape index (κ1) is 21.8. The Labute approximate surface area is 161 Å². The number of nitrogens with zero attached hydrogens (tertiary/aromatic N) is 3. The van der Waals surface area contributed by atoms with Gasteiger partial charge in [0, 0.05) is 12.8 Å². The number of guanidine groups is 1. The summed E-state index contributed by atoms with van der Waals surface area (Å²) in [4.78, 5) is 5.27. The first-order valence-corrected chi connectivity index (χ1v) is 10.4. The first-order valence-electron chi connectivity index (χ1n) is 10.4. The van der Waals surface area contributed by atoms with E-state index in [0.717, 1.165) is 0 Å². The van der Waals surface area contributed by atoms with E-state index in [4.69, 9.17) is 0 Å². The van der Waals surface area contributed by atoms with Crippen LogP contribution in [-0.2, 0) is 0 Å². The Kier molecular flexibility index (Phi) is 11.8. The van der Waals surface area contributed by atoms with Crippen molar-refractivity contribution in [1.29, 1.82) is 0 Å². The number of rotatable bonds is 11. The van der Waals surface area contributed by atoms with E-state index in [-0.39, 0.29) is 17.0 Å². The van der Waals surface area contributed by atoms with Gasteiger partial charge in [0.2, 0.25) is 0 Å². The number of fused-ring (bicyclic) bond motifs is 1. The summed E-state index contributed by atoms with van der Waals surface area (Å²) in [6.45, 7) is 8.62. The standard InChI is InChI=1S/C20H40N3.BrH/c1-3-4-5-6-7-8-9-10-11-12-16-22-18-14-19-23-17-13-15-21(2)20(22)23;/h3-19H2,1-2H3;1H/q+1;/p-1. The molecule has 0 spiro atoms. The molecule has 0 saturated carbocycles. The molecule has 0 radical (unpaired) electrons. The van der Waals surface area contributed by atoms with Crippen LogP contribution in [0.4, 0.5) is 0 Å². The van der Waals surface area contributed by atoms with E-state index < -0.39 is 0 Å². The fourth-order valence-corrected chi connectivity index (χ4v) is 4.15. The summed E-state index contributed by atoms with van der Waals surface area (Å²) in [6, 6.07) is 0. The highest BCUT2D eigenvalue weighted by molar-refractivity contribution is 5.76. The highest BCUT2D eigenvalue weighted by Crippen LogP contribution is 2.15. The smallest absolute Gasteiger partial charge is 0.350 e. The summed E-state index contributed by atoms with van der Waals surface area (Å²) in [5.41, 5.74) is 0. The van der Waals surface area contributed by atoms with E-state index in [1.54, 1.807) is 0 Å². The topological polar surface area (TPSA) is 9.49 Å². The highest BCUT2D eigenvalue weighted by Gasteiger charge is 2.33. The van der Waals surface area contributed by atoms with Crippen molar-refractivity contribution in [2.45, 2.75) is 84.0 Å². The van der Waals surface area contributed by atoms with Gasteiger partial charge in [0.25, 0.3) is 0 Å². The summed E-state index contributed by atoms with van der Waals surface area (Å²) in [5, 5.41) is 0. The van der Waals surface area contributed by atoms with E-state index in [2.05, 4.69) is 28.3 Å². The number of hydrogen-bond acceptors (Lipinski definition) is 2. The van der Waals surface area contributed by atoms with Gasteiger partial charge in [0.05, 0.1) is 39.8 Å². The Morgan fingerprint density at radius 2 is 1.38 bits per heavy atom. The highest BCUT2D eigenvalue weighted by atomic mass is 79.9. The monoisotopic (exact) mass is 401 g/mol. The summed E-state index contributed by atoms with van der Waals surface area (Å²) >= 11 is 0. The van der Waals surface area contributed by atoms with Crippen molar-refractivity contribution in [2.75, 3.05) is 39.8 Å². The van der Waals surface area contributed by atoms with Gasteiger partial charge in [-0.15, -0.1) is 0 Å². The van der Waals surface area contributed by atoms with Crippen LogP contribution in [0.2, 0.25) is 0 Å². The molecule has 2 aliphatic rings. The SMILES string of the molecule is CCCCCCCCCCCCN1CCCN2CCC[N+](C)=C12.[Br-]. The summed E-state index contributed by atoms with van der Waals surface area (Å²) in [5.74, 6) is 1.53. The van der Waals surface area contributed by atoms with Crippen molar-refractivity contribution in [1.82, 2.24) is 9.80 Å². The lowest BCUT2D eigenvalue weighted by molar-refractivity contribution is -0.515. The maximum Gasteiger partial charge on any atom is 0.350 e. The zero-order valence-corrected chi connectivity index (χ0v) is 17.8. The molecule has 4 heteroatoms. The van der Waals surface area contributed by atoms with Crippen molar-refractivity contribution in [3.8, 4) is 0 Å². The quantitative estimate of drug-likeness (QED) is 0.381. The third kappa shape index (κ3) is 7.33. The third-order valence-electron chi connectivity index (χ3n) is 5.47. The molecule has 142 valence electrons. The minimum absolute atomic E-state index is 0. The van der Waals surface area contributed by atoms with Gasteiger partial charge in [-0.3, -0.25) is 14.4 Å². The second-order valence-corrected chi connectivity index (χ2v) is 7.58. The molecule has 2 aliphatic heterocycles. The lowest BCUT2D eigenvalue weighted by Crippen LogP contribution is -3.00. The Hall–Kier alpha value is -0.250. The fourth-order valence-electron chi connectivity index (χ4n) is 4.15. The normalized spacial score (nSPS) is 17.8. The van der Waals surface area contributed by atoms with Crippen molar-refractivity contribution in [2.24, 2.45) is 0 Å². The molecule has 0 unspecified atom stereocenters. The maximum atomic E-state index is 2.66.